The lowest BCUT2D eigenvalue weighted by Gasteiger charge is -2.00. The minimum Gasteiger partial charge on any atom is -0.333 e. The molecule has 2 aromatic rings. The fourth-order valence-electron chi connectivity index (χ4n) is 0.760. The largest absolute Gasteiger partial charge is 0.333 e. The summed E-state index contributed by atoms with van der Waals surface area (Å²) in [6.07, 6.45) is 3.88. The second-order valence-corrected chi connectivity index (χ2v) is 2.08. The highest BCUT2D eigenvalue weighted by Crippen LogP contribution is 2.00. The first kappa shape index (κ1) is 2.73. The third-order valence-electron chi connectivity index (χ3n) is 1.25. The molecular formula is C10H10N2. The van der Waals surface area contributed by atoms with Crippen molar-refractivity contribution in [2.45, 2.75) is 6.50 Å². The summed E-state index contributed by atoms with van der Waals surface area (Å²) in [4.78, 5) is 3.71. The van der Waals surface area contributed by atoms with Gasteiger partial charge < -0.3 is 4.57 Å². The fourth-order valence-corrected chi connectivity index (χ4v) is 0.760. The Balaban J connectivity index is 2.77. The molecule has 60 valence electrons. The van der Waals surface area contributed by atoms with Crippen LogP contribution >= 0.6 is 0 Å². The maximum absolute atomic E-state index is 7.99. The summed E-state index contributed by atoms with van der Waals surface area (Å²) in [5.41, 5.74) is -0.406. The van der Waals surface area contributed by atoms with Crippen molar-refractivity contribution in [1.29, 1.82) is 0 Å². The van der Waals surface area contributed by atoms with Crippen LogP contribution in [0.4, 0.5) is 0 Å². The van der Waals surface area contributed by atoms with Gasteiger partial charge in [-0.3, -0.25) is 0 Å². The van der Waals surface area contributed by atoms with Gasteiger partial charge in [0, 0.05) is 18.9 Å². The van der Waals surface area contributed by atoms with Crippen molar-refractivity contribution in [3.8, 4) is 0 Å². The highest BCUT2D eigenvalue weighted by molar-refractivity contribution is 5.14. The number of hydrogen-bond acceptors (Lipinski definition) is 1. The average molecular weight is 165 g/mol. The number of imidazole rings is 1. The number of aromatic nitrogens is 2. The molecule has 1 aromatic heterocycles. The van der Waals surface area contributed by atoms with Crippen LogP contribution in [-0.2, 0) is 6.50 Å². The van der Waals surface area contributed by atoms with Gasteiger partial charge in [-0.25, -0.2) is 4.98 Å². The maximum atomic E-state index is 7.99. The summed E-state index contributed by atoms with van der Waals surface area (Å²) in [6, 6.07) is -2.76. The average Bonchev–Trinajstić information content (AvgIpc) is 2.88. The predicted octanol–water partition coefficient (Wildman–Crippen LogP) is 1.93. The monoisotopic (exact) mass is 165 g/mol. The molecule has 0 aliphatic heterocycles. The molecule has 0 aliphatic rings. The lowest BCUT2D eigenvalue weighted by atomic mass is 10.2. The highest BCUT2D eigenvalue weighted by atomic mass is 15.0. The summed E-state index contributed by atoms with van der Waals surface area (Å²) in [7, 11) is 0. The van der Waals surface area contributed by atoms with Crippen molar-refractivity contribution in [3.63, 3.8) is 0 Å². The molecule has 0 radical (unpaired) electrons. The van der Waals surface area contributed by atoms with E-state index in [1.807, 2.05) is 0 Å². The Hall–Kier alpha value is -1.57. The Labute approximate surface area is 81.3 Å². The van der Waals surface area contributed by atoms with E-state index in [1.165, 1.54) is 18.7 Å². The fraction of sp³-hybridized carbons (Fsp3) is 0.100. The molecule has 1 heterocycles. The van der Waals surface area contributed by atoms with Crippen LogP contribution in [0.5, 0.6) is 0 Å². The van der Waals surface area contributed by atoms with Crippen LogP contribution in [0, 0.1) is 0 Å². The molecule has 2 heteroatoms. The second kappa shape index (κ2) is 3.22. The molecule has 0 fully saturated rings. The SMILES string of the molecule is [2H]c1c([2H])c([2H])c(C([2H])([2H])n2ccnc2)c([2H])c1[2H]. The van der Waals surface area contributed by atoms with Crippen LogP contribution in [0.1, 0.15) is 15.2 Å². The van der Waals surface area contributed by atoms with Crippen LogP contribution in [0.2, 0.25) is 0 Å². The Morgan fingerprint density at radius 3 is 2.92 bits per heavy atom. The number of nitrogens with zero attached hydrogens (tertiary/aromatic N) is 2. The van der Waals surface area contributed by atoms with Crippen LogP contribution in [0.15, 0.2) is 48.9 Å². The van der Waals surface area contributed by atoms with Gasteiger partial charge in [-0.15, -0.1) is 0 Å². The van der Waals surface area contributed by atoms with Gasteiger partial charge >= 0.3 is 0 Å². The van der Waals surface area contributed by atoms with Crippen LogP contribution in [0.3, 0.4) is 0 Å². The summed E-state index contributed by atoms with van der Waals surface area (Å²) >= 11 is 0. The highest BCUT2D eigenvalue weighted by Gasteiger charge is 1.91. The third kappa shape index (κ3) is 1.53. The third-order valence-corrected chi connectivity index (χ3v) is 1.25. The molecule has 0 unspecified atom stereocenters. The van der Waals surface area contributed by atoms with Crippen molar-refractivity contribution < 1.29 is 9.60 Å². The first-order chi connectivity index (χ1) is 8.78. The van der Waals surface area contributed by atoms with Crippen LogP contribution in [0.25, 0.3) is 0 Å². The zero-order valence-corrected chi connectivity index (χ0v) is 6.13. The van der Waals surface area contributed by atoms with Crippen molar-refractivity contribution in [2.24, 2.45) is 0 Å². The molecule has 0 bridgehead atoms. The van der Waals surface area contributed by atoms with E-state index in [1.54, 1.807) is 0 Å². The lowest BCUT2D eigenvalue weighted by Crippen LogP contribution is -1.95. The minimum atomic E-state index is -2.27. The van der Waals surface area contributed by atoms with Crippen LogP contribution in [-0.4, -0.2) is 9.55 Å². The van der Waals surface area contributed by atoms with Gasteiger partial charge in [-0.05, 0) is 5.56 Å². The quantitative estimate of drug-likeness (QED) is 0.665. The predicted molar refractivity (Wildman–Crippen MR) is 47.8 cm³/mol. The molecule has 0 aliphatic carbocycles. The van der Waals surface area contributed by atoms with Crippen molar-refractivity contribution in [1.82, 2.24) is 9.55 Å². The topological polar surface area (TPSA) is 17.8 Å². The van der Waals surface area contributed by atoms with Crippen molar-refractivity contribution in [2.75, 3.05) is 0 Å². The Morgan fingerprint density at radius 1 is 1.42 bits per heavy atom. The maximum Gasteiger partial charge on any atom is 0.0949 e. The molecular weight excluding hydrogens is 148 g/mol. The van der Waals surface area contributed by atoms with E-state index in [9.17, 15) is 0 Å². The molecule has 0 amide bonds. The zero-order chi connectivity index (χ0) is 14.4. The number of hydrogen-bond donors (Lipinski definition) is 0. The van der Waals surface area contributed by atoms with E-state index < -0.39 is 42.3 Å². The molecule has 12 heavy (non-hydrogen) atoms. The number of benzene rings is 1. The standard InChI is InChI=1S/C10H10N2/c1-2-4-10(5-3-1)8-12-7-6-11-9-12/h1-7,9H,8H2/i1D,2D,3D,4D,5D,8D2. The van der Waals surface area contributed by atoms with Crippen molar-refractivity contribution >= 4 is 0 Å². The minimum absolute atomic E-state index is 0.406. The Morgan fingerprint density at radius 2 is 2.25 bits per heavy atom. The van der Waals surface area contributed by atoms with Gasteiger partial charge in [0.05, 0.1) is 15.9 Å². The summed E-state index contributed by atoms with van der Waals surface area (Å²) in [5.74, 6) is 0. The first-order valence-corrected chi connectivity index (χ1v) is 3.34. The van der Waals surface area contributed by atoms with Gasteiger partial charge in [0.15, 0.2) is 0 Å². The smallest absolute Gasteiger partial charge is 0.0949 e. The molecule has 1 aromatic carbocycles. The van der Waals surface area contributed by atoms with Gasteiger partial charge in [0.2, 0.25) is 0 Å². The van der Waals surface area contributed by atoms with Gasteiger partial charge in [0.1, 0.15) is 0 Å². The lowest BCUT2D eigenvalue weighted by molar-refractivity contribution is 0.797. The van der Waals surface area contributed by atoms with E-state index in [-0.39, 0.29) is 0 Å². The van der Waals surface area contributed by atoms with Gasteiger partial charge in [0.25, 0.3) is 0 Å². The second-order valence-electron chi connectivity index (χ2n) is 2.08. The molecule has 0 saturated carbocycles. The van der Waals surface area contributed by atoms with E-state index in [0.717, 1.165) is 4.57 Å². The summed E-state index contributed by atoms with van der Waals surface area (Å²) < 4.78 is 55.1. The normalized spacial score (nSPS) is 19.5. The first-order valence-electron chi connectivity index (χ1n) is 6.84. The Kier molecular flexibility index (Phi) is 0.732. The summed E-state index contributed by atoms with van der Waals surface area (Å²) in [5, 5.41) is 0. The molecule has 0 saturated heterocycles. The van der Waals surface area contributed by atoms with Crippen LogP contribution < -0.4 is 0 Å². The molecule has 2 nitrogen and oxygen atoms in total. The van der Waals surface area contributed by atoms with Gasteiger partial charge in [-0.1, -0.05) is 30.2 Å². The molecule has 0 atom stereocenters. The van der Waals surface area contributed by atoms with Gasteiger partial charge in [-0.2, -0.15) is 0 Å². The van der Waals surface area contributed by atoms with E-state index in [0.29, 0.717) is 0 Å². The number of rotatable bonds is 2. The van der Waals surface area contributed by atoms with Crippen molar-refractivity contribution in [3.05, 3.63) is 54.5 Å². The van der Waals surface area contributed by atoms with E-state index in [4.69, 9.17) is 9.60 Å². The Bertz CT molecular complexity index is 592. The van der Waals surface area contributed by atoms with E-state index in [2.05, 4.69) is 4.98 Å². The zero-order valence-electron chi connectivity index (χ0n) is 13.1. The molecule has 2 rings (SSSR count). The molecule has 0 N–H and O–H groups in total. The molecule has 0 spiro atoms. The van der Waals surface area contributed by atoms with E-state index >= 15 is 0 Å². The summed E-state index contributed by atoms with van der Waals surface area (Å²) in [6.45, 7) is -2.27.